The van der Waals surface area contributed by atoms with Crippen LogP contribution in [0.3, 0.4) is 0 Å². The van der Waals surface area contributed by atoms with Crippen molar-refractivity contribution < 1.29 is 5.11 Å². The van der Waals surface area contributed by atoms with Gasteiger partial charge in [-0.25, -0.2) is 0 Å². The monoisotopic (exact) mass is 240 g/mol. The molecule has 2 rings (SSSR count). The fourth-order valence-electron chi connectivity index (χ4n) is 2.09. The number of hydrogen-bond acceptors (Lipinski definition) is 3. The lowest BCUT2D eigenvalue weighted by Crippen LogP contribution is -2.36. The molecule has 1 aromatic rings. The molecule has 0 saturated heterocycles. The van der Waals surface area contributed by atoms with Gasteiger partial charge in [0.25, 0.3) is 0 Å². The van der Waals surface area contributed by atoms with E-state index in [1.165, 1.54) is 6.42 Å². The number of halogens is 1. The summed E-state index contributed by atoms with van der Waals surface area (Å²) in [5.41, 5.74) is 13.2. The molecule has 0 spiro atoms. The largest absolute Gasteiger partial charge is 0.398 e. The molecule has 0 aromatic heterocycles. The van der Waals surface area contributed by atoms with Crippen LogP contribution < -0.4 is 11.5 Å². The van der Waals surface area contributed by atoms with E-state index in [0.29, 0.717) is 16.6 Å². The zero-order chi connectivity index (χ0) is 11.7. The Hall–Kier alpha value is -0.770. The van der Waals surface area contributed by atoms with Crippen molar-refractivity contribution in [1.29, 1.82) is 0 Å². The zero-order valence-corrected chi connectivity index (χ0v) is 9.82. The molecule has 0 radical (unpaired) electrons. The number of nitrogen functional groups attached to an aromatic ring is 1. The Morgan fingerprint density at radius 2 is 2.06 bits per heavy atom. The summed E-state index contributed by atoms with van der Waals surface area (Å²) >= 11 is 5.90. The van der Waals surface area contributed by atoms with Crippen LogP contribution in [0, 0.1) is 5.92 Å². The Morgan fingerprint density at radius 1 is 1.38 bits per heavy atom. The van der Waals surface area contributed by atoms with Gasteiger partial charge in [0.1, 0.15) is 0 Å². The molecule has 0 heterocycles. The van der Waals surface area contributed by atoms with Crippen LogP contribution in [0.4, 0.5) is 5.69 Å². The van der Waals surface area contributed by atoms with Crippen molar-refractivity contribution in [3.8, 4) is 0 Å². The average molecular weight is 241 g/mol. The number of nitrogens with two attached hydrogens (primary N) is 2. The van der Waals surface area contributed by atoms with Gasteiger partial charge in [0.05, 0.1) is 12.1 Å². The highest BCUT2D eigenvalue weighted by atomic mass is 35.5. The van der Waals surface area contributed by atoms with Crippen molar-refractivity contribution in [1.82, 2.24) is 0 Å². The summed E-state index contributed by atoms with van der Waals surface area (Å²) in [6, 6.07) is 4.75. The first-order valence-corrected chi connectivity index (χ1v) is 5.96. The molecular formula is C12H17ClN2O. The third kappa shape index (κ3) is 2.17. The van der Waals surface area contributed by atoms with E-state index < -0.39 is 12.1 Å². The predicted octanol–water partition coefficient (Wildman–Crippen LogP) is 2.08. The Morgan fingerprint density at radius 3 is 2.62 bits per heavy atom. The highest BCUT2D eigenvalue weighted by Gasteiger charge is 2.31. The van der Waals surface area contributed by atoms with Crippen molar-refractivity contribution in [2.75, 3.05) is 5.73 Å². The predicted molar refractivity (Wildman–Crippen MR) is 66.1 cm³/mol. The summed E-state index contributed by atoms with van der Waals surface area (Å²) in [5, 5.41) is 10.7. The van der Waals surface area contributed by atoms with Crippen LogP contribution in [0.25, 0.3) is 0 Å². The standard InChI is InChI=1S/C12H17ClN2O/c13-8-4-5-10(14)9(6-8)11(15)12(16)7-2-1-3-7/h4-7,11-12,16H,1-3,14-15H2/t11-,12+/m0/s1. The second kappa shape index (κ2) is 4.62. The van der Waals surface area contributed by atoms with E-state index in [0.717, 1.165) is 18.4 Å². The van der Waals surface area contributed by atoms with Gasteiger partial charge < -0.3 is 16.6 Å². The van der Waals surface area contributed by atoms with E-state index in [2.05, 4.69) is 0 Å². The van der Waals surface area contributed by atoms with Crippen molar-refractivity contribution in [2.24, 2.45) is 11.7 Å². The molecule has 2 atom stereocenters. The molecule has 16 heavy (non-hydrogen) atoms. The SMILES string of the molecule is Nc1ccc(Cl)cc1[C@H](N)[C@H](O)C1CCC1. The molecule has 88 valence electrons. The summed E-state index contributed by atoms with van der Waals surface area (Å²) < 4.78 is 0. The van der Waals surface area contributed by atoms with Crippen LogP contribution in [-0.4, -0.2) is 11.2 Å². The van der Waals surface area contributed by atoms with E-state index in [1.807, 2.05) is 0 Å². The summed E-state index contributed by atoms with van der Waals surface area (Å²) in [7, 11) is 0. The Balaban J connectivity index is 2.18. The average Bonchev–Trinajstić information content (AvgIpc) is 2.18. The van der Waals surface area contributed by atoms with Crippen LogP contribution in [0.1, 0.15) is 30.9 Å². The van der Waals surface area contributed by atoms with Gasteiger partial charge in [-0.1, -0.05) is 18.0 Å². The number of aliphatic hydroxyl groups is 1. The Labute approximate surface area is 100 Å². The number of aliphatic hydroxyl groups excluding tert-OH is 1. The first-order chi connectivity index (χ1) is 7.59. The maximum absolute atomic E-state index is 10.1. The fraction of sp³-hybridized carbons (Fsp3) is 0.500. The van der Waals surface area contributed by atoms with E-state index >= 15 is 0 Å². The number of anilines is 1. The maximum Gasteiger partial charge on any atom is 0.0761 e. The molecule has 0 bridgehead atoms. The second-order valence-electron chi connectivity index (χ2n) is 4.48. The summed E-state index contributed by atoms with van der Waals surface area (Å²) in [5.74, 6) is 0.313. The second-order valence-corrected chi connectivity index (χ2v) is 4.92. The minimum absolute atomic E-state index is 0.313. The summed E-state index contributed by atoms with van der Waals surface area (Å²) in [4.78, 5) is 0. The van der Waals surface area contributed by atoms with E-state index in [-0.39, 0.29) is 0 Å². The van der Waals surface area contributed by atoms with Crippen LogP contribution in [0.2, 0.25) is 5.02 Å². The van der Waals surface area contributed by atoms with Gasteiger partial charge in [-0.15, -0.1) is 0 Å². The van der Waals surface area contributed by atoms with Gasteiger partial charge in [-0.3, -0.25) is 0 Å². The van der Waals surface area contributed by atoms with Crippen molar-refractivity contribution >= 4 is 17.3 Å². The van der Waals surface area contributed by atoms with E-state index in [9.17, 15) is 5.11 Å². The minimum Gasteiger partial charge on any atom is -0.398 e. The molecule has 1 fully saturated rings. The van der Waals surface area contributed by atoms with Crippen LogP contribution >= 0.6 is 11.6 Å². The minimum atomic E-state index is -0.519. The third-order valence-electron chi connectivity index (χ3n) is 3.41. The number of hydrogen-bond donors (Lipinski definition) is 3. The lowest BCUT2D eigenvalue weighted by molar-refractivity contribution is 0.0415. The van der Waals surface area contributed by atoms with Gasteiger partial charge in [0, 0.05) is 10.7 Å². The molecule has 0 amide bonds. The quantitative estimate of drug-likeness (QED) is 0.709. The van der Waals surface area contributed by atoms with E-state index in [4.69, 9.17) is 23.1 Å². The van der Waals surface area contributed by atoms with Gasteiger partial charge in [-0.2, -0.15) is 0 Å². The van der Waals surface area contributed by atoms with Crippen molar-refractivity contribution in [2.45, 2.75) is 31.4 Å². The Bertz CT molecular complexity index is 379. The number of rotatable bonds is 3. The van der Waals surface area contributed by atoms with Crippen molar-refractivity contribution in [3.63, 3.8) is 0 Å². The molecule has 1 aliphatic rings. The molecular weight excluding hydrogens is 224 g/mol. The molecule has 0 unspecified atom stereocenters. The highest BCUT2D eigenvalue weighted by Crippen LogP contribution is 2.36. The Kier molecular flexibility index (Phi) is 3.38. The smallest absolute Gasteiger partial charge is 0.0761 e. The first-order valence-electron chi connectivity index (χ1n) is 5.58. The first kappa shape index (κ1) is 11.7. The van der Waals surface area contributed by atoms with Gasteiger partial charge >= 0.3 is 0 Å². The normalized spacial score (nSPS) is 20.2. The van der Waals surface area contributed by atoms with Crippen molar-refractivity contribution in [3.05, 3.63) is 28.8 Å². The van der Waals surface area contributed by atoms with Gasteiger partial charge in [-0.05, 0) is 42.5 Å². The summed E-state index contributed by atoms with van der Waals surface area (Å²) in [6.07, 6.45) is 2.76. The molecule has 4 heteroatoms. The molecule has 5 N–H and O–H groups in total. The fourth-order valence-corrected chi connectivity index (χ4v) is 2.27. The molecule has 3 nitrogen and oxygen atoms in total. The summed E-state index contributed by atoms with van der Waals surface area (Å²) in [6.45, 7) is 0. The van der Waals surface area contributed by atoms with Gasteiger partial charge in [0.2, 0.25) is 0 Å². The molecule has 1 saturated carbocycles. The lowest BCUT2D eigenvalue weighted by Gasteiger charge is -2.34. The van der Waals surface area contributed by atoms with Crippen LogP contribution in [0.5, 0.6) is 0 Å². The molecule has 1 aromatic carbocycles. The zero-order valence-electron chi connectivity index (χ0n) is 9.07. The molecule has 1 aliphatic carbocycles. The molecule has 0 aliphatic heterocycles. The van der Waals surface area contributed by atoms with E-state index in [1.54, 1.807) is 18.2 Å². The topological polar surface area (TPSA) is 72.3 Å². The van der Waals surface area contributed by atoms with Crippen LogP contribution in [0.15, 0.2) is 18.2 Å². The van der Waals surface area contributed by atoms with Crippen LogP contribution in [-0.2, 0) is 0 Å². The lowest BCUT2D eigenvalue weighted by atomic mass is 9.77. The maximum atomic E-state index is 10.1. The number of benzene rings is 1. The highest BCUT2D eigenvalue weighted by molar-refractivity contribution is 6.30. The third-order valence-corrected chi connectivity index (χ3v) is 3.64. The van der Waals surface area contributed by atoms with Gasteiger partial charge in [0.15, 0.2) is 0 Å².